The van der Waals surface area contributed by atoms with E-state index in [2.05, 4.69) is 17.0 Å². The smallest absolute Gasteiger partial charge is 0.283 e. The molecule has 0 unspecified atom stereocenters. The molecule has 4 rings (SSSR count). The van der Waals surface area contributed by atoms with Crippen molar-refractivity contribution in [3.63, 3.8) is 0 Å². The summed E-state index contributed by atoms with van der Waals surface area (Å²) in [6.45, 7) is 2.15. The third-order valence-corrected chi connectivity index (χ3v) is 5.43. The Hall–Kier alpha value is -2.93. The van der Waals surface area contributed by atoms with Crippen LogP contribution in [0.2, 0.25) is 0 Å². The van der Waals surface area contributed by atoms with Crippen LogP contribution in [0.4, 0.5) is 0 Å². The summed E-state index contributed by atoms with van der Waals surface area (Å²) in [5, 5.41) is 15.7. The van der Waals surface area contributed by atoms with Crippen LogP contribution in [0.1, 0.15) is 38.4 Å². The molecule has 0 fully saturated rings. The van der Waals surface area contributed by atoms with Crippen LogP contribution >= 0.6 is 11.8 Å². The summed E-state index contributed by atoms with van der Waals surface area (Å²) in [7, 11) is 0. The molecule has 2 aliphatic rings. The van der Waals surface area contributed by atoms with E-state index in [1.807, 2.05) is 36.4 Å². The Morgan fingerprint density at radius 2 is 2.00 bits per heavy atom. The predicted octanol–water partition coefficient (Wildman–Crippen LogP) is 5.15. The van der Waals surface area contributed by atoms with Gasteiger partial charge >= 0.3 is 0 Å². The average Bonchev–Trinajstić information content (AvgIpc) is 3.33. The number of thioether (sulfide) groups is 1. The number of nitrogens with one attached hydrogen (secondary N) is 1. The van der Waals surface area contributed by atoms with Crippen molar-refractivity contribution in [1.29, 1.82) is 5.41 Å². The number of benzene rings is 1. The van der Waals surface area contributed by atoms with Crippen molar-refractivity contribution in [3.8, 4) is 11.3 Å². The van der Waals surface area contributed by atoms with E-state index in [-0.39, 0.29) is 11.4 Å². The highest BCUT2D eigenvalue weighted by atomic mass is 32.2. The molecule has 0 radical (unpaired) electrons. The van der Waals surface area contributed by atoms with Crippen molar-refractivity contribution in [2.45, 2.75) is 32.6 Å². The van der Waals surface area contributed by atoms with Gasteiger partial charge in [-0.05, 0) is 42.8 Å². The van der Waals surface area contributed by atoms with Gasteiger partial charge in [-0.15, -0.1) is 0 Å². The van der Waals surface area contributed by atoms with Crippen molar-refractivity contribution >= 4 is 39.8 Å². The van der Waals surface area contributed by atoms with Crippen LogP contribution in [0.3, 0.4) is 0 Å². The van der Waals surface area contributed by atoms with E-state index in [0.717, 1.165) is 36.3 Å². The minimum absolute atomic E-state index is 0.0330. The summed E-state index contributed by atoms with van der Waals surface area (Å²) in [4.78, 5) is 16.6. The summed E-state index contributed by atoms with van der Waals surface area (Å²) in [5.74, 6) is 0.807. The van der Waals surface area contributed by atoms with Crippen LogP contribution in [0.25, 0.3) is 17.4 Å². The van der Waals surface area contributed by atoms with E-state index >= 15 is 0 Å². The molecule has 3 heterocycles. The Bertz CT molecular complexity index is 1000. The first-order valence-electron chi connectivity index (χ1n) is 9.30. The molecule has 0 saturated carbocycles. The molecule has 1 aromatic carbocycles. The number of amides is 1. The zero-order valence-electron chi connectivity index (χ0n) is 15.5. The van der Waals surface area contributed by atoms with Gasteiger partial charge in [0.25, 0.3) is 5.91 Å². The highest BCUT2D eigenvalue weighted by Crippen LogP contribution is 2.31. The van der Waals surface area contributed by atoms with Crippen LogP contribution in [0.15, 0.2) is 62.5 Å². The Balaban J connectivity index is 1.56. The first-order valence-corrected chi connectivity index (χ1v) is 10.1. The highest BCUT2D eigenvalue weighted by Gasteiger charge is 2.35. The molecule has 2 aliphatic heterocycles. The molecule has 0 aliphatic carbocycles. The zero-order valence-corrected chi connectivity index (χ0v) is 16.3. The lowest BCUT2D eigenvalue weighted by atomic mass is 10.1. The number of rotatable bonds is 6. The lowest BCUT2D eigenvalue weighted by molar-refractivity contribution is -0.114. The zero-order chi connectivity index (χ0) is 19.5. The van der Waals surface area contributed by atoms with E-state index in [1.54, 1.807) is 12.1 Å². The Kier molecular flexibility index (Phi) is 5.25. The molecule has 7 heteroatoms. The molecule has 0 bridgehead atoms. The molecule has 6 nitrogen and oxygen atoms in total. The standard InChI is InChI=1S/C21H20N4O2S/c1-2-3-5-10-18-24-25-19(22)16(20(26)23-21(25)28-18)13-15-11-12-17(27-15)14-8-6-4-7-9-14/h4,6-9,11-13,22H,2-3,5,10H2,1H3/b16-13+,22-19?. The molecule has 2 aromatic rings. The average molecular weight is 392 g/mol. The quantitative estimate of drug-likeness (QED) is 0.545. The van der Waals surface area contributed by atoms with E-state index in [1.165, 1.54) is 16.8 Å². The molecule has 28 heavy (non-hydrogen) atoms. The highest BCUT2D eigenvalue weighted by molar-refractivity contribution is 8.26. The number of aliphatic imine (C=N–C) groups is 1. The van der Waals surface area contributed by atoms with Crippen LogP contribution in [0.5, 0.6) is 0 Å². The maximum Gasteiger partial charge on any atom is 0.283 e. The fourth-order valence-corrected chi connectivity index (χ4v) is 3.92. The van der Waals surface area contributed by atoms with Crippen molar-refractivity contribution in [2.24, 2.45) is 10.1 Å². The molecule has 0 atom stereocenters. The monoisotopic (exact) mass is 392 g/mol. The second-order valence-corrected chi connectivity index (χ2v) is 7.58. The predicted molar refractivity (Wildman–Crippen MR) is 113 cm³/mol. The molecule has 0 saturated heterocycles. The van der Waals surface area contributed by atoms with Gasteiger partial charge in [0, 0.05) is 5.56 Å². The van der Waals surface area contributed by atoms with Gasteiger partial charge in [-0.3, -0.25) is 10.2 Å². The fourth-order valence-electron chi connectivity index (χ4n) is 2.99. The number of fused-ring (bicyclic) bond motifs is 1. The van der Waals surface area contributed by atoms with Gasteiger partial charge < -0.3 is 4.42 Å². The van der Waals surface area contributed by atoms with Gasteiger partial charge in [-0.1, -0.05) is 50.1 Å². The third-order valence-electron chi connectivity index (χ3n) is 4.46. The van der Waals surface area contributed by atoms with Gasteiger partial charge in [0.05, 0.1) is 5.57 Å². The van der Waals surface area contributed by atoms with E-state index in [0.29, 0.717) is 16.7 Å². The number of unbranched alkanes of at least 4 members (excludes halogenated alkanes) is 2. The number of furan rings is 1. The molecule has 1 N–H and O–H groups in total. The molecular weight excluding hydrogens is 372 g/mol. The summed E-state index contributed by atoms with van der Waals surface area (Å²) in [6, 6.07) is 13.4. The Morgan fingerprint density at radius 3 is 2.79 bits per heavy atom. The van der Waals surface area contributed by atoms with Gasteiger partial charge in [0.15, 0.2) is 5.84 Å². The van der Waals surface area contributed by atoms with Crippen molar-refractivity contribution in [1.82, 2.24) is 5.01 Å². The normalized spacial score (nSPS) is 17.8. The summed E-state index contributed by atoms with van der Waals surface area (Å²) in [5.41, 5.74) is 1.13. The second kappa shape index (κ2) is 7.98. The number of carbonyl (C=O) groups is 1. The van der Waals surface area contributed by atoms with E-state index < -0.39 is 5.91 Å². The van der Waals surface area contributed by atoms with Gasteiger partial charge in [-0.2, -0.15) is 15.1 Å². The maximum atomic E-state index is 12.5. The van der Waals surface area contributed by atoms with Crippen molar-refractivity contribution < 1.29 is 9.21 Å². The van der Waals surface area contributed by atoms with Crippen LogP contribution in [0, 0.1) is 5.41 Å². The van der Waals surface area contributed by atoms with Crippen LogP contribution in [-0.4, -0.2) is 27.0 Å². The summed E-state index contributed by atoms with van der Waals surface area (Å²) in [6.07, 6.45) is 5.72. The van der Waals surface area contributed by atoms with Crippen molar-refractivity contribution in [2.75, 3.05) is 0 Å². The summed E-state index contributed by atoms with van der Waals surface area (Å²) >= 11 is 1.38. The first-order chi connectivity index (χ1) is 13.7. The van der Waals surface area contributed by atoms with Gasteiger partial charge in [0.2, 0.25) is 5.17 Å². The topological polar surface area (TPSA) is 82.0 Å². The first kappa shape index (κ1) is 18.4. The molecular formula is C21H20N4O2S. The largest absolute Gasteiger partial charge is 0.457 e. The third kappa shape index (κ3) is 3.71. The molecule has 1 aromatic heterocycles. The minimum atomic E-state index is -0.439. The SMILES string of the molecule is CCCCCC1=NN2C(=N)/C(=C\c3ccc(-c4ccccc4)o3)C(=O)N=C2S1. The van der Waals surface area contributed by atoms with Crippen LogP contribution < -0.4 is 0 Å². The number of hydrogen-bond acceptors (Lipinski definition) is 5. The van der Waals surface area contributed by atoms with Gasteiger partial charge in [-0.25, -0.2) is 0 Å². The van der Waals surface area contributed by atoms with E-state index in [9.17, 15) is 4.79 Å². The summed E-state index contributed by atoms with van der Waals surface area (Å²) < 4.78 is 5.83. The molecule has 142 valence electrons. The van der Waals surface area contributed by atoms with E-state index in [4.69, 9.17) is 9.83 Å². The minimum Gasteiger partial charge on any atom is -0.457 e. The Labute approximate surface area is 167 Å². The number of nitrogens with zero attached hydrogens (tertiary/aromatic N) is 3. The fraction of sp³-hybridized carbons (Fsp3) is 0.238. The number of amidine groups is 2. The number of carbonyl (C=O) groups excluding carboxylic acids is 1. The number of hydrazone groups is 1. The number of hydrogen-bond donors (Lipinski definition) is 1. The van der Waals surface area contributed by atoms with Crippen LogP contribution in [-0.2, 0) is 4.79 Å². The maximum absolute atomic E-state index is 12.5. The lowest BCUT2D eigenvalue weighted by Gasteiger charge is -2.19. The Morgan fingerprint density at radius 1 is 1.18 bits per heavy atom. The molecule has 0 spiro atoms. The van der Waals surface area contributed by atoms with Gasteiger partial charge in [0.1, 0.15) is 16.6 Å². The molecule has 1 amide bonds. The van der Waals surface area contributed by atoms with Crippen molar-refractivity contribution in [3.05, 3.63) is 53.8 Å². The lowest BCUT2D eigenvalue weighted by Crippen LogP contribution is -2.35. The second-order valence-electron chi connectivity index (χ2n) is 6.54.